The summed E-state index contributed by atoms with van der Waals surface area (Å²) in [6, 6.07) is 6.78. The first-order chi connectivity index (χ1) is 10.0. The van der Waals surface area contributed by atoms with Crippen molar-refractivity contribution in [2.75, 3.05) is 0 Å². The third-order valence-electron chi connectivity index (χ3n) is 3.63. The van der Waals surface area contributed by atoms with Crippen LogP contribution in [0.25, 0.3) is 0 Å². The van der Waals surface area contributed by atoms with Crippen LogP contribution in [0, 0.1) is 11.8 Å². The number of nitrogens with one attached hydrogen (secondary N) is 1. The standard InChI is InChI=1S/C16H16ClNO3/c17-13-7-4-12(5-8-13)6-9-14(19)18-16(15(20)21)10-2-1-3-11-16/h4-5,7-8H,1-3,10-11H2,(H,18,19)(H,20,21). The molecule has 0 saturated heterocycles. The normalized spacial score (nSPS) is 16.4. The van der Waals surface area contributed by atoms with Crippen LogP contribution < -0.4 is 5.32 Å². The summed E-state index contributed by atoms with van der Waals surface area (Å²) in [6.45, 7) is 0. The van der Waals surface area contributed by atoms with Gasteiger partial charge in [-0.25, -0.2) is 4.79 Å². The minimum absolute atomic E-state index is 0.455. The summed E-state index contributed by atoms with van der Waals surface area (Å²) in [5.74, 6) is 3.60. The van der Waals surface area contributed by atoms with Crippen LogP contribution in [0.4, 0.5) is 0 Å². The Kier molecular flexibility index (Phi) is 4.87. The van der Waals surface area contributed by atoms with E-state index in [9.17, 15) is 14.7 Å². The molecular weight excluding hydrogens is 290 g/mol. The van der Waals surface area contributed by atoms with Crippen LogP contribution in [0.1, 0.15) is 37.7 Å². The van der Waals surface area contributed by atoms with Crippen molar-refractivity contribution in [1.29, 1.82) is 0 Å². The lowest BCUT2D eigenvalue weighted by Crippen LogP contribution is -2.55. The van der Waals surface area contributed by atoms with Crippen molar-refractivity contribution >= 4 is 23.5 Å². The first-order valence-corrected chi connectivity index (χ1v) is 7.23. The fourth-order valence-electron chi connectivity index (χ4n) is 2.46. The van der Waals surface area contributed by atoms with E-state index in [1.807, 2.05) is 0 Å². The van der Waals surface area contributed by atoms with Gasteiger partial charge in [0.05, 0.1) is 0 Å². The topological polar surface area (TPSA) is 66.4 Å². The summed E-state index contributed by atoms with van der Waals surface area (Å²) >= 11 is 5.76. The third-order valence-corrected chi connectivity index (χ3v) is 3.89. The van der Waals surface area contributed by atoms with Gasteiger partial charge in [0.2, 0.25) is 0 Å². The summed E-state index contributed by atoms with van der Waals surface area (Å²) in [6.07, 6.45) is 3.52. The molecule has 0 atom stereocenters. The summed E-state index contributed by atoms with van der Waals surface area (Å²) in [5, 5.41) is 12.5. The average Bonchev–Trinajstić information content (AvgIpc) is 2.47. The van der Waals surface area contributed by atoms with Crippen molar-refractivity contribution in [3.05, 3.63) is 34.9 Å². The SMILES string of the molecule is O=C(C#Cc1ccc(Cl)cc1)NC1(C(=O)O)CCCCC1. The number of hydrogen-bond acceptors (Lipinski definition) is 2. The number of hydrogen-bond donors (Lipinski definition) is 2. The molecule has 1 saturated carbocycles. The number of carboxylic acid groups (broad SMARTS) is 1. The number of carboxylic acids is 1. The lowest BCUT2D eigenvalue weighted by Gasteiger charge is -2.33. The highest BCUT2D eigenvalue weighted by atomic mass is 35.5. The van der Waals surface area contributed by atoms with E-state index in [1.165, 1.54) is 0 Å². The Bertz CT molecular complexity index is 592. The van der Waals surface area contributed by atoms with Gasteiger partial charge in [0.25, 0.3) is 5.91 Å². The van der Waals surface area contributed by atoms with Gasteiger partial charge in [-0.2, -0.15) is 0 Å². The highest BCUT2D eigenvalue weighted by Crippen LogP contribution is 2.28. The van der Waals surface area contributed by atoms with Crippen LogP contribution in [-0.4, -0.2) is 22.5 Å². The molecule has 1 aliphatic carbocycles. The predicted octanol–water partition coefficient (Wildman–Crippen LogP) is 2.60. The zero-order valence-electron chi connectivity index (χ0n) is 11.5. The Morgan fingerprint density at radius 2 is 1.76 bits per heavy atom. The van der Waals surface area contributed by atoms with Gasteiger partial charge in [0, 0.05) is 16.5 Å². The number of carbonyl (C=O) groups is 2. The van der Waals surface area contributed by atoms with E-state index >= 15 is 0 Å². The fraction of sp³-hybridized carbons (Fsp3) is 0.375. The molecule has 2 rings (SSSR count). The Hall–Kier alpha value is -1.99. The zero-order valence-corrected chi connectivity index (χ0v) is 12.2. The fourth-order valence-corrected chi connectivity index (χ4v) is 2.58. The molecule has 0 heterocycles. The van der Waals surface area contributed by atoms with E-state index < -0.39 is 17.4 Å². The molecule has 110 valence electrons. The number of benzene rings is 1. The van der Waals surface area contributed by atoms with Gasteiger partial charge in [-0.3, -0.25) is 4.79 Å². The first kappa shape index (κ1) is 15.4. The lowest BCUT2D eigenvalue weighted by atomic mass is 9.81. The molecule has 4 nitrogen and oxygen atoms in total. The van der Waals surface area contributed by atoms with Crippen molar-refractivity contribution in [2.24, 2.45) is 0 Å². The second-order valence-corrected chi connectivity index (χ2v) is 5.60. The first-order valence-electron chi connectivity index (χ1n) is 6.85. The summed E-state index contributed by atoms with van der Waals surface area (Å²) in [7, 11) is 0. The number of aliphatic carboxylic acids is 1. The molecule has 21 heavy (non-hydrogen) atoms. The van der Waals surface area contributed by atoms with E-state index in [0.717, 1.165) is 19.3 Å². The van der Waals surface area contributed by atoms with Gasteiger partial charge < -0.3 is 10.4 Å². The molecule has 0 radical (unpaired) electrons. The smallest absolute Gasteiger partial charge is 0.329 e. The lowest BCUT2D eigenvalue weighted by molar-refractivity contribution is -0.148. The van der Waals surface area contributed by atoms with Crippen molar-refractivity contribution in [3.63, 3.8) is 0 Å². The number of carbonyl (C=O) groups excluding carboxylic acids is 1. The van der Waals surface area contributed by atoms with Crippen LogP contribution in [-0.2, 0) is 9.59 Å². The second kappa shape index (κ2) is 6.64. The van der Waals surface area contributed by atoms with Gasteiger partial charge in [-0.15, -0.1) is 0 Å². The minimum Gasteiger partial charge on any atom is -0.480 e. The molecule has 0 aliphatic heterocycles. The maximum Gasteiger partial charge on any atom is 0.329 e. The molecule has 5 heteroatoms. The molecule has 0 bridgehead atoms. The van der Waals surface area contributed by atoms with Crippen molar-refractivity contribution in [3.8, 4) is 11.8 Å². The van der Waals surface area contributed by atoms with Crippen LogP contribution >= 0.6 is 11.6 Å². The predicted molar refractivity (Wildman–Crippen MR) is 79.9 cm³/mol. The molecule has 1 amide bonds. The monoisotopic (exact) mass is 305 g/mol. The van der Waals surface area contributed by atoms with Crippen molar-refractivity contribution < 1.29 is 14.7 Å². The highest BCUT2D eigenvalue weighted by Gasteiger charge is 2.40. The van der Waals surface area contributed by atoms with E-state index in [0.29, 0.717) is 23.4 Å². The van der Waals surface area contributed by atoms with Crippen LogP contribution in [0.15, 0.2) is 24.3 Å². The molecule has 1 fully saturated rings. The van der Waals surface area contributed by atoms with Gasteiger partial charge in [-0.05, 0) is 37.1 Å². The van der Waals surface area contributed by atoms with Crippen LogP contribution in [0.2, 0.25) is 5.02 Å². The maximum absolute atomic E-state index is 11.9. The average molecular weight is 306 g/mol. The number of halogens is 1. The molecular formula is C16H16ClNO3. The van der Waals surface area contributed by atoms with E-state index in [-0.39, 0.29) is 0 Å². The number of rotatable bonds is 2. The van der Waals surface area contributed by atoms with Gasteiger partial charge >= 0.3 is 5.97 Å². The molecule has 0 unspecified atom stereocenters. The van der Waals surface area contributed by atoms with Crippen molar-refractivity contribution in [1.82, 2.24) is 5.32 Å². The van der Waals surface area contributed by atoms with Gasteiger partial charge in [0.1, 0.15) is 5.54 Å². The third kappa shape index (κ3) is 3.99. The Morgan fingerprint density at radius 1 is 1.14 bits per heavy atom. The number of amides is 1. The Balaban J connectivity index is 2.06. The van der Waals surface area contributed by atoms with Crippen molar-refractivity contribution in [2.45, 2.75) is 37.6 Å². The summed E-state index contributed by atoms with van der Waals surface area (Å²) in [4.78, 5) is 23.3. The Morgan fingerprint density at radius 3 is 2.33 bits per heavy atom. The van der Waals surface area contributed by atoms with Crippen LogP contribution in [0.3, 0.4) is 0 Å². The molecule has 1 aromatic carbocycles. The Labute approximate surface area is 128 Å². The molecule has 0 aromatic heterocycles. The molecule has 0 spiro atoms. The molecule has 1 aliphatic rings. The molecule has 2 N–H and O–H groups in total. The highest BCUT2D eigenvalue weighted by molar-refractivity contribution is 6.30. The zero-order chi connectivity index (χ0) is 15.3. The van der Waals surface area contributed by atoms with Gasteiger partial charge in [-0.1, -0.05) is 36.8 Å². The maximum atomic E-state index is 11.9. The molecule has 1 aromatic rings. The van der Waals surface area contributed by atoms with Crippen LogP contribution in [0.5, 0.6) is 0 Å². The summed E-state index contributed by atoms with van der Waals surface area (Å²) < 4.78 is 0. The summed E-state index contributed by atoms with van der Waals surface area (Å²) in [5.41, 5.74) is -0.508. The quantitative estimate of drug-likeness (QED) is 0.825. The van der Waals surface area contributed by atoms with E-state index in [1.54, 1.807) is 24.3 Å². The van der Waals surface area contributed by atoms with Gasteiger partial charge in [0.15, 0.2) is 0 Å². The van der Waals surface area contributed by atoms with E-state index in [2.05, 4.69) is 17.2 Å². The second-order valence-electron chi connectivity index (χ2n) is 5.16. The largest absolute Gasteiger partial charge is 0.480 e. The van der Waals surface area contributed by atoms with E-state index in [4.69, 9.17) is 11.6 Å². The minimum atomic E-state index is -1.16.